The number of ether oxygens (including phenoxy) is 1. The van der Waals surface area contributed by atoms with Gasteiger partial charge >= 0.3 is 0 Å². The third-order valence-corrected chi connectivity index (χ3v) is 3.04. The van der Waals surface area contributed by atoms with Crippen molar-refractivity contribution in [2.75, 3.05) is 18.5 Å². The molecule has 1 aromatic rings. The van der Waals surface area contributed by atoms with E-state index in [0.29, 0.717) is 6.04 Å². The van der Waals surface area contributed by atoms with E-state index in [-0.39, 0.29) is 0 Å². The van der Waals surface area contributed by atoms with Crippen molar-refractivity contribution in [2.24, 2.45) is 0 Å². The van der Waals surface area contributed by atoms with Gasteiger partial charge in [0, 0.05) is 31.7 Å². The molecular formula is C11H16BrN3O. The fraction of sp³-hybridized carbons (Fsp3) is 0.636. The van der Waals surface area contributed by atoms with E-state index >= 15 is 0 Å². The quantitative estimate of drug-likeness (QED) is 0.867. The molecule has 0 aromatic carbocycles. The molecule has 5 heteroatoms. The summed E-state index contributed by atoms with van der Waals surface area (Å²) in [6.07, 6.45) is 2.94. The predicted octanol–water partition coefficient (Wildman–Crippen LogP) is 2.39. The van der Waals surface area contributed by atoms with Crippen LogP contribution in [-0.2, 0) is 11.2 Å². The lowest BCUT2D eigenvalue weighted by Gasteiger charge is -2.23. The minimum atomic E-state index is 0.472. The Bertz CT molecular complexity index is 353. The Morgan fingerprint density at radius 2 is 2.19 bits per heavy atom. The molecule has 16 heavy (non-hydrogen) atoms. The van der Waals surface area contributed by atoms with E-state index in [2.05, 4.69) is 38.1 Å². The molecule has 2 rings (SSSR count). The number of nitrogens with one attached hydrogen (secondary N) is 1. The van der Waals surface area contributed by atoms with Gasteiger partial charge in [0.05, 0.1) is 0 Å². The number of aryl methyl sites for hydroxylation is 1. The summed E-state index contributed by atoms with van der Waals surface area (Å²) in [5.41, 5.74) is 0. The molecule has 1 aliphatic rings. The van der Waals surface area contributed by atoms with E-state index in [0.717, 1.165) is 48.7 Å². The zero-order chi connectivity index (χ0) is 11.4. The minimum Gasteiger partial charge on any atom is -0.381 e. The van der Waals surface area contributed by atoms with Crippen LogP contribution < -0.4 is 5.32 Å². The van der Waals surface area contributed by atoms with Crippen LogP contribution >= 0.6 is 15.9 Å². The second kappa shape index (κ2) is 5.59. The molecule has 2 heterocycles. The molecule has 0 unspecified atom stereocenters. The van der Waals surface area contributed by atoms with E-state index in [4.69, 9.17) is 4.74 Å². The van der Waals surface area contributed by atoms with Crippen LogP contribution in [-0.4, -0.2) is 29.2 Å². The van der Waals surface area contributed by atoms with Gasteiger partial charge in [0.15, 0.2) is 0 Å². The van der Waals surface area contributed by atoms with Gasteiger partial charge in [0.1, 0.15) is 16.2 Å². The largest absolute Gasteiger partial charge is 0.381 e. The average molecular weight is 286 g/mol. The lowest BCUT2D eigenvalue weighted by atomic mass is 10.1. The van der Waals surface area contributed by atoms with E-state index < -0.39 is 0 Å². The number of aromatic nitrogens is 2. The molecule has 1 aliphatic heterocycles. The highest BCUT2D eigenvalue weighted by Crippen LogP contribution is 2.16. The summed E-state index contributed by atoms with van der Waals surface area (Å²) in [4.78, 5) is 8.74. The van der Waals surface area contributed by atoms with E-state index in [1.54, 1.807) is 0 Å². The summed E-state index contributed by atoms with van der Waals surface area (Å²) in [6, 6.07) is 2.40. The van der Waals surface area contributed by atoms with Crippen molar-refractivity contribution in [3.63, 3.8) is 0 Å². The molecule has 88 valence electrons. The maximum atomic E-state index is 5.32. The lowest BCUT2D eigenvalue weighted by molar-refractivity contribution is 0.0904. The molecular weight excluding hydrogens is 270 g/mol. The summed E-state index contributed by atoms with van der Waals surface area (Å²) < 4.78 is 6.17. The first-order valence-corrected chi connectivity index (χ1v) is 6.45. The van der Waals surface area contributed by atoms with E-state index in [9.17, 15) is 0 Å². The van der Waals surface area contributed by atoms with Crippen LogP contribution in [0.3, 0.4) is 0 Å². The van der Waals surface area contributed by atoms with Crippen molar-refractivity contribution >= 4 is 21.7 Å². The maximum absolute atomic E-state index is 5.32. The molecule has 1 aromatic heterocycles. The SMILES string of the molecule is CCc1nc(Br)cc(NC2CCOCC2)n1. The van der Waals surface area contributed by atoms with Crippen LogP contribution in [0.4, 0.5) is 5.82 Å². The van der Waals surface area contributed by atoms with Gasteiger partial charge in [0.2, 0.25) is 0 Å². The number of hydrogen-bond donors (Lipinski definition) is 1. The molecule has 1 saturated heterocycles. The van der Waals surface area contributed by atoms with Gasteiger partial charge in [-0.05, 0) is 28.8 Å². The fourth-order valence-electron chi connectivity index (χ4n) is 1.75. The first-order valence-electron chi connectivity index (χ1n) is 5.65. The van der Waals surface area contributed by atoms with E-state index in [1.807, 2.05) is 6.07 Å². The van der Waals surface area contributed by atoms with Crippen molar-refractivity contribution in [2.45, 2.75) is 32.2 Å². The van der Waals surface area contributed by atoms with Crippen molar-refractivity contribution in [1.29, 1.82) is 0 Å². The minimum absolute atomic E-state index is 0.472. The highest BCUT2D eigenvalue weighted by Gasteiger charge is 2.14. The van der Waals surface area contributed by atoms with Crippen LogP contribution in [0.2, 0.25) is 0 Å². The van der Waals surface area contributed by atoms with Gasteiger partial charge in [0.25, 0.3) is 0 Å². The molecule has 1 fully saturated rings. The number of halogens is 1. The van der Waals surface area contributed by atoms with Gasteiger partial charge in [-0.2, -0.15) is 0 Å². The number of hydrogen-bond acceptors (Lipinski definition) is 4. The van der Waals surface area contributed by atoms with Crippen LogP contribution in [0.5, 0.6) is 0 Å². The zero-order valence-corrected chi connectivity index (χ0v) is 11.0. The Hall–Kier alpha value is -0.680. The predicted molar refractivity (Wildman–Crippen MR) is 66.6 cm³/mol. The standard InChI is InChI=1S/C11H16BrN3O/c1-2-10-14-9(12)7-11(15-10)13-8-3-5-16-6-4-8/h7-8H,2-6H2,1H3,(H,13,14,15). The Kier molecular flexibility index (Phi) is 4.12. The topological polar surface area (TPSA) is 47.0 Å². The lowest BCUT2D eigenvalue weighted by Crippen LogP contribution is -2.28. The zero-order valence-electron chi connectivity index (χ0n) is 9.37. The van der Waals surface area contributed by atoms with Gasteiger partial charge in [-0.25, -0.2) is 9.97 Å². The summed E-state index contributed by atoms with van der Waals surface area (Å²) >= 11 is 3.40. The second-order valence-corrected chi connectivity index (χ2v) is 4.69. The highest BCUT2D eigenvalue weighted by molar-refractivity contribution is 9.10. The number of nitrogens with zero attached hydrogens (tertiary/aromatic N) is 2. The monoisotopic (exact) mass is 285 g/mol. The summed E-state index contributed by atoms with van der Waals surface area (Å²) in [7, 11) is 0. The summed E-state index contributed by atoms with van der Waals surface area (Å²) in [5.74, 6) is 1.77. The smallest absolute Gasteiger partial charge is 0.131 e. The van der Waals surface area contributed by atoms with Crippen LogP contribution in [0.1, 0.15) is 25.6 Å². The Morgan fingerprint density at radius 1 is 1.44 bits per heavy atom. The van der Waals surface area contributed by atoms with Gasteiger partial charge in [-0.3, -0.25) is 0 Å². The van der Waals surface area contributed by atoms with Crippen molar-refractivity contribution in [3.05, 3.63) is 16.5 Å². The Balaban J connectivity index is 2.04. The normalized spacial score (nSPS) is 17.4. The Labute approximate surface area is 104 Å². The molecule has 0 amide bonds. The van der Waals surface area contributed by atoms with Crippen molar-refractivity contribution < 1.29 is 4.74 Å². The summed E-state index contributed by atoms with van der Waals surface area (Å²) in [5, 5.41) is 3.44. The molecule has 4 nitrogen and oxygen atoms in total. The number of anilines is 1. The van der Waals surface area contributed by atoms with Crippen molar-refractivity contribution in [3.8, 4) is 0 Å². The molecule has 0 spiro atoms. The molecule has 0 radical (unpaired) electrons. The second-order valence-electron chi connectivity index (χ2n) is 3.88. The average Bonchev–Trinajstić information content (AvgIpc) is 2.29. The van der Waals surface area contributed by atoms with Crippen LogP contribution in [0.25, 0.3) is 0 Å². The summed E-state index contributed by atoms with van der Waals surface area (Å²) in [6.45, 7) is 3.73. The molecule has 0 saturated carbocycles. The van der Waals surface area contributed by atoms with Gasteiger partial charge in [-0.15, -0.1) is 0 Å². The molecule has 1 N–H and O–H groups in total. The van der Waals surface area contributed by atoms with Gasteiger partial charge < -0.3 is 10.1 Å². The Morgan fingerprint density at radius 3 is 2.88 bits per heavy atom. The number of rotatable bonds is 3. The fourth-order valence-corrected chi connectivity index (χ4v) is 2.17. The highest BCUT2D eigenvalue weighted by atomic mass is 79.9. The molecule has 0 atom stereocenters. The van der Waals surface area contributed by atoms with Crippen LogP contribution in [0, 0.1) is 0 Å². The molecule has 0 bridgehead atoms. The van der Waals surface area contributed by atoms with Crippen LogP contribution in [0.15, 0.2) is 10.7 Å². The molecule has 0 aliphatic carbocycles. The third kappa shape index (κ3) is 3.15. The first kappa shape index (κ1) is 11.8. The maximum Gasteiger partial charge on any atom is 0.131 e. The van der Waals surface area contributed by atoms with Crippen molar-refractivity contribution in [1.82, 2.24) is 9.97 Å². The first-order chi connectivity index (χ1) is 7.78. The van der Waals surface area contributed by atoms with E-state index in [1.165, 1.54) is 0 Å². The third-order valence-electron chi connectivity index (χ3n) is 2.63. The van der Waals surface area contributed by atoms with Gasteiger partial charge in [-0.1, -0.05) is 6.92 Å².